The van der Waals surface area contributed by atoms with E-state index in [1.807, 2.05) is 28.8 Å². The van der Waals surface area contributed by atoms with Crippen LogP contribution in [0.1, 0.15) is 23.6 Å². The molecular formula is C19H21N3O. The molecule has 23 heavy (non-hydrogen) atoms. The Kier molecular flexibility index (Phi) is 4.15. The number of carbonyl (C=O) groups excluding carboxylic acids is 1. The van der Waals surface area contributed by atoms with Crippen molar-refractivity contribution in [1.29, 1.82) is 0 Å². The third-order valence-electron chi connectivity index (χ3n) is 4.20. The summed E-state index contributed by atoms with van der Waals surface area (Å²) in [5, 5.41) is 2.93. The number of hydrogen-bond donors (Lipinski definition) is 1. The van der Waals surface area contributed by atoms with Crippen molar-refractivity contribution in [2.45, 2.75) is 33.7 Å². The molecule has 4 nitrogen and oxygen atoms in total. The van der Waals surface area contributed by atoms with E-state index < -0.39 is 0 Å². The van der Waals surface area contributed by atoms with Crippen molar-refractivity contribution in [2.75, 3.05) is 5.32 Å². The Balaban J connectivity index is 1.76. The molecule has 0 saturated carbocycles. The Bertz CT molecular complexity index is 847. The molecule has 118 valence electrons. The Morgan fingerprint density at radius 2 is 1.83 bits per heavy atom. The summed E-state index contributed by atoms with van der Waals surface area (Å²) in [7, 11) is 0. The highest BCUT2D eigenvalue weighted by atomic mass is 16.1. The lowest BCUT2D eigenvalue weighted by Gasteiger charge is -2.08. The molecule has 0 aliphatic rings. The third-order valence-corrected chi connectivity index (χ3v) is 4.20. The fourth-order valence-corrected chi connectivity index (χ4v) is 2.62. The van der Waals surface area contributed by atoms with Crippen molar-refractivity contribution in [1.82, 2.24) is 9.55 Å². The number of fused-ring (bicyclic) bond motifs is 1. The van der Waals surface area contributed by atoms with Crippen molar-refractivity contribution in [3.63, 3.8) is 0 Å². The Morgan fingerprint density at radius 1 is 1.13 bits per heavy atom. The lowest BCUT2D eigenvalue weighted by atomic mass is 10.1. The highest BCUT2D eigenvalue weighted by molar-refractivity contribution is 5.91. The molecule has 0 saturated heterocycles. The highest BCUT2D eigenvalue weighted by Crippen LogP contribution is 2.18. The molecule has 3 rings (SSSR count). The lowest BCUT2D eigenvalue weighted by molar-refractivity contribution is -0.116. The van der Waals surface area contributed by atoms with Gasteiger partial charge in [0.2, 0.25) is 5.91 Å². The van der Waals surface area contributed by atoms with Crippen molar-refractivity contribution in [3.05, 3.63) is 59.4 Å². The molecule has 1 N–H and O–H groups in total. The predicted octanol–water partition coefficient (Wildman–Crippen LogP) is 3.85. The van der Waals surface area contributed by atoms with Crippen molar-refractivity contribution >= 4 is 22.6 Å². The SMILES string of the molecule is CCc1ccc(NC(=O)Cn2cnc3cc(C)c(C)cc32)cc1. The minimum atomic E-state index is -0.0493. The molecule has 0 bridgehead atoms. The maximum atomic E-state index is 12.3. The van der Waals surface area contributed by atoms with Gasteiger partial charge >= 0.3 is 0 Å². The number of hydrogen-bond acceptors (Lipinski definition) is 2. The molecule has 0 fully saturated rings. The summed E-state index contributed by atoms with van der Waals surface area (Å²) >= 11 is 0. The Morgan fingerprint density at radius 3 is 2.52 bits per heavy atom. The molecule has 1 amide bonds. The first-order valence-corrected chi connectivity index (χ1v) is 7.87. The van der Waals surface area contributed by atoms with Crippen molar-refractivity contribution in [2.24, 2.45) is 0 Å². The van der Waals surface area contributed by atoms with Gasteiger partial charge < -0.3 is 9.88 Å². The van der Waals surface area contributed by atoms with Gasteiger partial charge in [0.1, 0.15) is 6.54 Å². The summed E-state index contributed by atoms with van der Waals surface area (Å²) in [4.78, 5) is 16.7. The van der Waals surface area contributed by atoms with Gasteiger partial charge in [-0.15, -0.1) is 0 Å². The highest BCUT2D eigenvalue weighted by Gasteiger charge is 2.09. The summed E-state index contributed by atoms with van der Waals surface area (Å²) in [6.07, 6.45) is 2.72. The van der Waals surface area contributed by atoms with Crippen LogP contribution in [0.4, 0.5) is 5.69 Å². The average molecular weight is 307 g/mol. The lowest BCUT2D eigenvalue weighted by Crippen LogP contribution is -2.18. The molecule has 1 heterocycles. The molecule has 1 aromatic heterocycles. The van der Waals surface area contributed by atoms with E-state index in [1.165, 1.54) is 16.7 Å². The topological polar surface area (TPSA) is 46.9 Å². The van der Waals surface area contributed by atoms with E-state index in [9.17, 15) is 4.79 Å². The van der Waals surface area contributed by atoms with Crippen LogP contribution in [0.2, 0.25) is 0 Å². The van der Waals surface area contributed by atoms with Crippen LogP contribution in [0.5, 0.6) is 0 Å². The van der Waals surface area contributed by atoms with Gasteiger partial charge in [0.05, 0.1) is 17.4 Å². The van der Waals surface area contributed by atoms with Crippen LogP contribution < -0.4 is 5.32 Å². The molecule has 0 radical (unpaired) electrons. The van der Waals surface area contributed by atoms with Gasteiger partial charge in [-0.2, -0.15) is 0 Å². The number of amides is 1. The number of aromatic nitrogens is 2. The first kappa shape index (κ1) is 15.3. The number of aryl methyl sites for hydroxylation is 3. The minimum absolute atomic E-state index is 0.0493. The number of benzene rings is 2. The van der Waals surface area contributed by atoms with Crippen LogP contribution in [0.3, 0.4) is 0 Å². The normalized spacial score (nSPS) is 10.9. The van der Waals surface area contributed by atoms with Gasteiger partial charge in [0, 0.05) is 5.69 Å². The number of rotatable bonds is 4. The zero-order valence-electron chi connectivity index (χ0n) is 13.8. The van der Waals surface area contributed by atoms with Crippen LogP contribution in [0.25, 0.3) is 11.0 Å². The summed E-state index contributed by atoms with van der Waals surface area (Å²) in [6, 6.07) is 12.1. The minimum Gasteiger partial charge on any atom is -0.325 e. The molecule has 3 aromatic rings. The van der Waals surface area contributed by atoms with Crippen LogP contribution in [0.15, 0.2) is 42.7 Å². The molecule has 0 aliphatic heterocycles. The summed E-state index contributed by atoms with van der Waals surface area (Å²) in [6.45, 7) is 6.51. The van der Waals surface area contributed by atoms with E-state index in [4.69, 9.17) is 0 Å². The predicted molar refractivity (Wildman–Crippen MR) is 93.7 cm³/mol. The fourth-order valence-electron chi connectivity index (χ4n) is 2.62. The summed E-state index contributed by atoms with van der Waals surface area (Å²) in [5.41, 5.74) is 6.41. The van der Waals surface area contributed by atoms with E-state index in [2.05, 4.69) is 43.2 Å². The number of nitrogens with zero attached hydrogens (tertiary/aromatic N) is 2. The van der Waals surface area contributed by atoms with Crippen molar-refractivity contribution < 1.29 is 4.79 Å². The molecule has 0 aliphatic carbocycles. The third kappa shape index (κ3) is 3.26. The first-order valence-electron chi connectivity index (χ1n) is 7.87. The van der Waals surface area contributed by atoms with Gasteiger partial charge in [-0.3, -0.25) is 4.79 Å². The second-order valence-corrected chi connectivity index (χ2v) is 5.90. The Hall–Kier alpha value is -2.62. The number of nitrogens with one attached hydrogen (secondary N) is 1. The van der Waals surface area contributed by atoms with E-state index in [0.29, 0.717) is 0 Å². The molecule has 0 unspecified atom stereocenters. The maximum absolute atomic E-state index is 12.3. The van der Waals surface area contributed by atoms with Gasteiger partial charge in [0.25, 0.3) is 0 Å². The van der Waals surface area contributed by atoms with E-state index in [-0.39, 0.29) is 12.5 Å². The standard InChI is InChI=1S/C19H21N3O/c1-4-15-5-7-16(8-6-15)21-19(23)11-22-12-20-17-9-13(2)14(3)10-18(17)22/h5-10,12H,4,11H2,1-3H3,(H,21,23). The van der Waals surface area contributed by atoms with Gasteiger partial charge in [0.15, 0.2) is 0 Å². The Labute approximate surface area is 136 Å². The molecule has 0 spiro atoms. The van der Waals surface area contributed by atoms with E-state index in [0.717, 1.165) is 23.1 Å². The van der Waals surface area contributed by atoms with Crippen LogP contribution >= 0.6 is 0 Å². The number of anilines is 1. The van der Waals surface area contributed by atoms with Gasteiger partial charge in [-0.25, -0.2) is 4.98 Å². The average Bonchev–Trinajstić information content (AvgIpc) is 2.90. The largest absolute Gasteiger partial charge is 0.325 e. The second-order valence-electron chi connectivity index (χ2n) is 5.90. The van der Waals surface area contributed by atoms with Gasteiger partial charge in [-0.1, -0.05) is 19.1 Å². The molecular weight excluding hydrogens is 286 g/mol. The van der Waals surface area contributed by atoms with E-state index in [1.54, 1.807) is 6.33 Å². The van der Waals surface area contributed by atoms with Crippen molar-refractivity contribution in [3.8, 4) is 0 Å². The second kappa shape index (κ2) is 6.24. The smallest absolute Gasteiger partial charge is 0.244 e. The van der Waals surface area contributed by atoms with Crippen LogP contribution in [-0.4, -0.2) is 15.5 Å². The zero-order valence-corrected chi connectivity index (χ0v) is 13.8. The monoisotopic (exact) mass is 307 g/mol. The number of carbonyl (C=O) groups is 1. The first-order chi connectivity index (χ1) is 11.1. The quantitative estimate of drug-likeness (QED) is 0.795. The maximum Gasteiger partial charge on any atom is 0.244 e. The van der Waals surface area contributed by atoms with Crippen LogP contribution in [0, 0.1) is 13.8 Å². The molecule has 4 heteroatoms. The number of imidazole rings is 1. The van der Waals surface area contributed by atoms with Gasteiger partial charge in [-0.05, 0) is 61.2 Å². The molecule has 0 atom stereocenters. The molecule has 2 aromatic carbocycles. The van der Waals surface area contributed by atoms with E-state index >= 15 is 0 Å². The van der Waals surface area contributed by atoms with Crippen LogP contribution in [-0.2, 0) is 17.8 Å². The summed E-state index contributed by atoms with van der Waals surface area (Å²) < 4.78 is 1.89. The summed E-state index contributed by atoms with van der Waals surface area (Å²) in [5.74, 6) is -0.0493. The zero-order chi connectivity index (χ0) is 16.4. The fraction of sp³-hybridized carbons (Fsp3) is 0.263.